The van der Waals surface area contributed by atoms with Crippen LogP contribution in [0.3, 0.4) is 0 Å². The molecule has 2 rings (SSSR count). The van der Waals surface area contributed by atoms with Gasteiger partial charge in [-0.1, -0.05) is 6.42 Å². The molecule has 0 unspecified atom stereocenters. The van der Waals surface area contributed by atoms with Crippen molar-refractivity contribution in [3.05, 3.63) is 29.8 Å². The van der Waals surface area contributed by atoms with Crippen LogP contribution in [0.1, 0.15) is 24.8 Å². The van der Waals surface area contributed by atoms with Gasteiger partial charge >= 0.3 is 0 Å². The summed E-state index contributed by atoms with van der Waals surface area (Å²) in [5, 5.41) is 14.6. The minimum Gasteiger partial charge on any atom is -0.332 e. The van der Waals surface area contributed by atoms with Gasteiger partial charge in [0, 0.05) is 11.6 Å². The monoisotopic (exact) mass is 259 g/mol. The number of benzene rings is 1. The highest BCUT2D eigenvalue weighted by Gasteiger charge is 2.25. The molecule has 0 bridgehead atoms. The fourth-order valence-corrected chi connectivity index (χ4v) is 1.89. The van der Waals surface area contributed by atoms with E-state index >= 15 is 0 Å². The van der Waals surface area contributed by atoms with Crippen LogP contribution >= 0.6 is 12.2 Å². The van der Waals surface area contributed by atoms with Gasteiger partial charge in [0.2, 0.25) is 5.91 Å². The highest BCUT2D eigenvalue weighted by atomic mass is 32.1. The van der Waals surface area contributed by atoms with Gasteiger partial charge in [0.05, 0.1) is 11.6 Å². The molecule has 4 nitrogen and oxygen atoms in total. The van der Waals surface area contributed by atoms with E-state index in [-0.39, 0.29) is 11.8 Å². The van der Waals surface area contributed by atoms with Gasteiger partial charge in [0.25, 0.3) is 0 Å². The lowest BCUT2D eigenvalue weighted by Gasteiger charge is -2.24. The van der Waals surface area contributed by atoms with Gasteiger partial charge < -0.3 is 10.6 Å². The van der Waals surface area contributed by atoms with Crippen molar-refractivity contribution < 1.29 is 4.79 Å². The average Bonchev–Trinajstić information content (AvgIpc) is 2.27. The zero-order valence-electron chi connectivity index (χ0n) is 9.77. The van der Waals surface area contributed by atoms with E-state index in [0.29, 0.717) is 10.7 Å². The molecule has 0 atom stereocenters. The van der Waals surface area contributed by atoms with E-state index in [1.165, 1.54) is 0 Å². The lowest BCUT2D eigenvalue weighted by molar-refractivity contribution is -0.125. The summed E-state index contributed by atoms with van der Waals surface area (Å²) in [5.74, 6) is 0.109. The molecular formula is C13H13N3OS. The second kappa shape index (κ2) is 5.61. The summed E-state index contributed by atoms with van der Waals surface area (Å²) in [5.41, 5.74) is 1.35. The maximum atomic E-state index is 11.6. The molecule has 0 heterocycles. The first kappa shape index (κ1) is 12.5. The number of carbonyl (C=O) groups excluding carboxylic acids is 1. The molecule has 1 fully saturated rings. The number of amides is 1. The first-order chi connectivity index (χ1) is 8.69. The van der Waals surface area contributed by atoms with Crippen LogP contribution < -0.4 is 10.6 Å². The molecule has 1 aromatic rings. The second-order valence-electron chi connectivity index (χ2n) is 4.26. The van der Waals surface area contributed by atoms with Gasteiger partial charge in [-0.15, -0.1) is 0 Å². The van der Waals surface area contributed by atoms with E-state index in [0.717, 1.165) is 24.9 Å². The van der Waals surface area contributed by atoms with Gasteiger partial charge in [-0.2, -0.15) is 5.26 Å². The van der Waals surface area contributed by atoms with Crippen molar-refractivity contribution in [2.75, 3.05) is 5.32 Å². The summed E-state index contributed by atoms with van der Waals surface area (Å²) in [6, 6.07) is 8.93. The Labute approximate surface area is 111 Å². The molecule has 0 radical (unpaired) electrons. The highest BCUT2D eigenvalue weighted by molar-refractivity contribution is 7.80. The molecular weight excluding hydrogens is 246 g/mol. The Morgan fingerprint density at radius 1 is 1.33 bits per heavy atom. The maximum absolute atomic E-state index is 11.6. The van der Waals surface area contributed by atoms with Crippen LogP contribution in [0.25, 0.3) is 0 Å². The van der Waals surface area contributed by atoms with Gasteiger partial charge in [0.1, 0.15) is 0 Å². The molecule has 1 aliphatic rings. The van der Waals surface area contributed by atoms with Crippen LogP contribution in [0.2, 0.25) is 0 Å². The van der Waals surface area contributed by atoms with E-state index in [9.17, 15) is 4.79 Å². The third-order valence-corrected chi connectivity index (χ3v) is 3.19. The molecule has 0 aliphatic heterocycles. The van der Waals surface area contributed by atoms with Crippen LogP contribution in [-0.2, 0) is 4.79 Å². The number of carbonyl (C=O) groups is 1. The van der Waals surface area contributed by atoms with Gasteiger partial charge in [-0.25, -0.2) is 0 Å². The SMILES string of the molecule is N#Cc1ccc(NC(=S)NC(=O)C2CCC2)cc1. The molecule has 1 aromatic carbocycles. The number of nitrogens with zero attached hydrogens (tertiary/aromatic N) is 1. The quantitative estimate of drug-likeness (QED) is 0.799. The summed E-state index contributed by atoms with van der Waals surface area (Å²) in [6.07, 6.45) is 3.02. The molecule has 0 aromatic heterocycles. The highest BCUT2D eigenvalue weighted by Crippen LogP contribution is 2.26. The molecule has 18 heavy (non-hydrogen) atoms. The average molecular weight is 259 g/mol. The van der Waals surface area contributed by atoms with Crippen LogP contribution in [0, 0.1) is 17.2 Å². The Kier molecular flexibility index (Phi) is 3.90. The Morgan fingerprint density at radius 2 is 2.00 bits per heavy atom. The summed E-state index contributed by atoms with van der Waals surface area (Å²) in [7, 11) is 0. The van der Waals surface area contributed by atoms with Crippen molar-refractivity contribution >= 4 is 28.9 Å². The first-order valence-corrected chi connectivity index (χ1v) is 6.22. The summed E-state index contributed by atoms with van der Waals surface area (Å²) in [4.78, 5) is 11.6. The largest absolute Gasteiger partial charge is 0.332 e. The number of nitrogens with one attached hydrogen (secondary N) is 2. The van der Waals surface area contributed by atoms with Crippen molar-refractivity contribution in [2.45, 2.75) is 19.3 Å². The van der Waals surface area contributed by atoms with Crippen molar-refractivity contribution in [3.8, 4) is 6.07 Å². The van der Waals surface area contributed by atoms with E-state index in [1.807, 2.05) is 6.07 Å². The number of hydrogen-bond donors (Lipinski definition) is 2. The predicted molar refractivity (Wildman–Crippen MR) is 72.9 cm³/mol. The fourth-order valence-electron chi connectivity index (χ4n) is 1.67. The van der Waals surface area contributed by atoms with Crippen LogP contribution in [-0.4, -0.2) is 11.0 Å². The lowest BCUT2D eigenvalue weighted by atomic mass is 9.85. The van der Waals surface area contributed by atoms with E-state index < -0.39 is 0 Å². The summed E-state index contributed by atoms with van der Waals surface area (Å²) in [6.45, 7) is 0. The number of rotatable bonds is 2. The molecule has 1 saturated carbocycles. The van der Waals surface area contributed by atoms with E-state index in [4.69, 9.17) is 17.5 Å². The third-order valence-electron chi connectivity index (χ3n) is 2.98. The molecule has 1 aliphatic carbocycles. The Balaban J connectivity index is 1.86. The normalized spacial score (nSPS) is 14.2. The van der Waals surface area contributed by atoms with E-state index in [2.05, 4.69) is 10.6 Å². The van der Waals surface area contributed by atoms with Crippen molar-refractivity contribution in [3.63, 3.8) is 0 Å². The number of hydrogen-bond acceptors (Lipinski definition) is 3. The molecule has 1 amide bonds. The maximum Gasteiger partial charge on any atom is 0.229 e. The van der Waals surface area contributed by atoms with Crippen LogP contribution in [0.4, 0.5) is 5.69 Å². The fraction of sp³-hybridized carbons (Fsp3) is 0.308. The van der Waals surface area contributed by atoms with Gasteiger partial charge in [-0.05, 0) is 49.3 Å². The van der Waals surface area contributed by atoms with Crippen LogP contribution in [0.5, 0.6) is 0 Å². The number of thiocarbonyl (C=S) groups is 1. The zero-order valence-corrected chi connectivity index (χ0v) is 10.6. The Hall–Kier alpha value is -1.93. The topological polar surface area (TPSA) is 64.9 Å². The smallest absolute Gasteiger partial charge is 0.229 e. The number of nitriles is 1. The summed E-state index contributed by atoms with van der Waals surface area (Å²) >= 11 is 5.06. The minimum absolute atomic E-state index is 0.00704. The third kappa shape index (κ3) is 3.05. The Morgan fingerprint density at radius 3 is 2.50 bits per heavy atom. The van der Waals surface area contributed by atoms with Crippen molar-refractivity contribution in [1.82, 2.24) is 5.32 Å². The molecule has 92 valence electrons. The number of anilines is 1. The predicted octanol–water partition coefficient (Wildman–Crippen LogP) is 2.17. The van der Waals surface area contributed by atoms with Crippen molar-refractivity contribution in [1.29, 1.82) is 5.26 Å². The van der Waals surface area contributed by atoms with E-state index in [1.54, 1.807) is 24.3 Å². The molecule has 0 saturated heterocycles. The first-order valence-electron chi connectivity index (χ1n) is 5.81. The standard InChI is InChI=1S/C13H13N3OS/c14-8-9-4-6-11(7-5-9)15-13(18)16-12(17)10-2-1-3-10/h4-7,10H,1-3H2,(H2,15,16,17,18). The van der Waals surface area contributed by atoms with Gasteiger partial charge in [-0.3, -0.25) is 4.79 Å². The molecule has 5 heteroatoms. The molecule has 2 N–H and O–H groups in total. The minimum atomic E-state index is -0.00704. The zero-order chi connectivity index (χ0) is 13.0. The summed E-state index contributed by atoms with van der Waals surface area (Å²) < 4.78 is 0. The van der Waals surface area contributed by atoms with Crippen molar-refractivity contribution in [2.24, 2.45) is 5.92 Å². The van der Waals surface area contributed by atoms with Gasteiger partial charge in [0.15, 0.2) is 5.11 Å². The molecule has 0 spiro atoms. The Bertz CT molecular complexity index is 500. The lowest BCUT2D eigenvalue weighted by Crippen LogP contribution is -2.40. The van der Waals surface area contributed by atoms with Crippen LogP contribution in [0.15, 0.2) is 24.3 Å². The second-order valence-corrected chi connectivity index (χ2v) is 4.67.